The molecule has 0 aliphatic carbocycles. The predicted octanol–water partition coefficient (Wildman–Crippen LogP) is 5.88. The fraction of sp³-hybridized carbons (Fsp3) is 0.185. The lowest BCUT2D eigenvalue weighted by Crippen LogP contribution is -2.33. The number of nitrogens with zero attached hydrogens (tertiary/aromatic N) is 2. The van der Waals surface area contributed by atoms with Crippen molar-refractivity contribution in [1.82, 2.24) is 14.9 Å². The van der Waals surface area contributed by atoms with E-state index < -0.39 is 0 Å². The van der Waals surface area contributed by atoms with Gasteiger partial charge in [-0.1, -0.05) is 105 Å². The van der Waals surface area contributed by atoms with Gasteiger partial charge in [-0.05, 0) is 11.5 Å². The number of aromatic nitrogens is 2. The number of hydrogen-bond donors (Lipinski definition) is 1. The molecule has 4 rings (SSSR count). The molecular formula is C27H27N3O. The second-order valence-electron chi connectivity index (χ2n) is 8.03. The Hall–Kier alpha value is -3.66. The molecule has 31 heavy (non-hydrogen) atoms. The van der Waals surface area contributed by atoms with E-state index in [1.54, 1.807) is 0 Å². The number of hydrogen-bond acceptors (Lipinski definition) is 2. The number of rotatable bonds is 6. The van der Waals surface area contributed by atoms with E-state index in [1.807, 2.05) is 90.5 Å². The Morgan fingerprint density at radius 1 is 0.806 bits per heavy atom. The minimum Gasteiger partial charge on any atom is -0.344 e. The summed E-state index contributed by atoms with van der Waals surface area (Å²) in [7, 11) is 1.91. The van der Waals surface area contributed by atoms with Crippen molar-refractivity contribution in [2.45, 2.75) is 19.9 Å². The molecule has 0 fully saturated rings. The van der Waals surface area contributed by atoms with Gasteiger partial charge in [0.25, 0.3) is 5.91 Å². The van der Waals surface area contributed by atoms with Gasteiger partial charge in [-0.3, -0.25) is 4.79 Å². The number of nitrogens with one attached hydrogen (secondary N) is 1. The van der Waals surface area contributed by atoms with E-state index in [0.29, 0.717) is 11.4 Å². The standard InChI is InChI=1S/C27H27N3O/c1-19(2)23(20-13-7-4-8-14-20)29-27(31)25-24(21-15-9-5-10-16-21)28-26(30(25)3)22-17-11-6-12-18-22/h4-19,23H,1-3H3,(H,29,31). The van der Waals surface area contributed by atoms with Gasteiger partial charge in [0.2, 0.25) is 0 Å². The van der Waals surface area contributed by atoms with Gasteiger partial charge in [0.15, 0.2) is 0 Å². The molecule has 4 heteroatoms. The highest BCUT2D eigenvalue weighted by Crippen LogP contribution is 2.30. The molecule has 0 radical (unpaired) electrons. The molecular weight excluding hydrogens is 382 g/mol. The van der Waals surface area contributed by atoms with Gasteiger partial charge in [-0.15, -0.1) is 0 Å². The van der Waals surface area contributed by atoms with Crippen LogP contribution in [0.4, 0.5) is 0 Å². The van der Waals surface area contributed by atoms with Gasteiger partial charge >= 0.3 is 0 Å². The van der Waals surface area contributed by atoms with Crippen LogP contribution in [0, 0.1) is 5.92 Å². The van der Waals surface area contributed by atoms with E-state index in [2.05, 4.69) is 31.3 Å². The lowest BCUT2D eigenvalue weighted by molar-refractivity contribution is 0.0918. The molecule has 0 aliphatic heterocycles. The molecule has 3 aromatic carbocycles. The maximum atomic E-state index is 13.6. The van der Waals surface area contributed by atoms with Crippen molar-refractivity contribution in [3.05, 3.63) is 102 Å². The SMILES string of the molecule is CC(C)C(NC(=O)c1c(-c2ccccc2)nc(-c2ccccc2)n1C)c1ccccc1. The minimum atomic E-state index is -0.126. The smallest absolute Gasteiger partial charge is 0.270 e. The zero-order chi connectivity index (χ0) is 21.8. The summed E-state index contributed by atoms with van der Waals surface area (Å²) in [6.07, 6.45) is 0. The van der Waals surface area contributed by atoms with Crippen molar-refractivity contribution in [2.24, 2.45) is 13.0 Å². The molecule has 1 unspecified atom stereocenters. The first-order valence-electron chi connectivity index (χ1n) is 10.6. The molecule has 1 aromatic heterocycles. The van der Waals surface area contributed by atoms with Crippen LogP contribution >= 0.6 is 0 Å². The molecule has 1 amide bonds. The van der Waals surface area contributed by atoms with E-state index >= 15 is 0 Å². The highest BCUT2D eigenvalue weighted by atomic mass is 16.2. The number of carbonyl (C=O) groups is 1. The lowest BCUT2D eigenvalue weighted by atomic mass is 9.96. The highest BCUT2D eigenvalue weighted by Gasteiger charge is 2.26. The molecule has 1 heterocycles. The third kappa shape index (κ3) is 4.29. The van der Waals surface area contributed by atoms with E-state index in [4.69, 9.17) is 4.98 Å². The van der Waals surface area contributed by atoms with Crippen LogP contribution in [0.25, 0.3) is 22.6 Å². The normalized spacial score (nSPS) is 12.0. The van der Waals surface area contributed by atoms with Crippen molar-refractivity contribution in [3.8, 4) is 22.6 Å². The summed E-state index contributed by atoms with van der Waals surface area (Å²) < 4.78 is 1.90. The molecule has 156 valence electrons. The quantitative estimate of drug-likeness (QED) is 0.432. The Bertz CT molecular complexity index is 1150. The monoisotopic (exact) mass is 409 g/mol. The summed E-state index contributed by atoms with van der Waals surface area (Å²) in [5.74, 6) is 0.886. The van der Waals surface area contributed by atoms with Crippen LogP contribution < -0.4 is 5.32 Å². The first kappa shape index (κ1) is 20.6. The van der Waals surface area contributed by atoms with E-state index in [9.17, 15) is 4.79 Å². The van der Waals surface area contributed by atoms with Gasteiger partial charge < -0.3 is 9.88 Å². The van der Waals surface area contributed by atoms with E-state index in [0.717, 1.165) is 22.5 Å². The van der Waals surface area contributed by atoms with E-state index in [1.165, 1.54) is 0 Å². The number of carbonyl (C=O) groups excluding carboxylic acids is 1. The molecule has 1 N–H and O–H groups in total. The summed E-state index contributed by atoms with van der Waals surface area (Å²) in [6, 6.07) is 29.9. The summed E-state index contributed by atoms with van der Waals surface area (Å²) in [4.78, 5) is 18.5. The maximum Gasteiger partial charge on any atom is 0.270 e. The third-order valence-electron chi connectivity index (χ3n) is 5.50. The maximum absolute atomic E-state index is 13.6. The summed E-state index contributed by atoms with van der Waals surface area (Å²) in [5.41, 5.74) is 4.25. The number of benzene rings is 3. The van der Waals surface area contributed by atoms with Gasteiger partial charge in [0.1, 0.15) is 17.2 Å². The Labute approximate surface area is 183 Å². The van der Waals surface area contributed by atoms with Crippen molar-refractivity contribution in [2.75, 3.05) is 0 Å². The average Bonchev–Trinajstić information content (AvgIpc) is 3.16. The zero-order valence-corrected chi connectivity index (χ0v) is 18.1. The number of imidazole rings is 1. The van der Waals surface area contributed by atoms with Crippen LogP contribution in [0.3, 0.4) is 0 Å². The minimum absolute atomic E-state index is 0.0904. The van der Waals surface area contributed by atoms with Crippen molar-refractivity contribution >= 4 is 5.91 Å². The molecule has 0 saturated heterocycles. The fourth-order valence-electron chi connectivity index (χ4n) is 3.91. The Balaban J connectivity index is 1.79. The van der Waals surface area contributed by atoms with Gasteiger partial charge in [-0.25, -0.2) is 4.98 Å². The van der Waals surface area contributed by atoms with Gasteiger partial charge in [0, 0.05) is 18.2 Å². The van der Waals surface area contributed by atoms with Crippen LogP contribution in [-0.2, 0) is 7.05 Å². The molecule has 4 nitrogen and oxygen atoms in total. The van der Waals surface area contributed by atoms with Crippen molar-refractivity contribution in [3.63, 3.8) is 0 Å². The topological polar surface area (TPSA) is 46.9 Å². The largest absolute Gasteiger partial charge is 0.344 e. The first-order chi connectivity index (χ1) is 15.1. The first-order valence-corrected chi connectivity index (χ1v) is 10.6. The van der Waals surface area contributed by atoms with E-state index in [-0.39, 0.29) is 17.9 Å². The number of amides is 1. The van der Waals surface area contributed by atoms with Crippen LogP contribution in [0.5, 0.6) is 0 Å². The molecule has 0 aliphatic rings. The third-order valence-corrected chi connectivity index (χ3v) is 5.50. The Morgan fingerprint density at radius 3 is 1.87 bits per heavy atom. The van der Waals surface area contributed by atoms with Crippen LogP contribution in [0.1, 0.15) is 35.9 Å². The van der Waals surface area contributed by atoms with Crippen LogP contribution in [0.2, 0.25) is 0 Å². The molecule has 0 bridgehead atoms. The van der Waals surface area contributed by atoms with Crippen molar-refractivity contribution in [1.29, 1.82) is 0 Å². The average molecular weight is 410 g/mol. The van der Waals surface area contributed by atoms with Gasteiger partial charge in [-0.2, -0.15) is 0 Å². The highest BCUT2D eigenvalue weighted by molar-refractivity contribution is 5.99. The Morgan fingerprint density at radius 2 is 1.32 bits per heavy atom. The van der Waals surface area contributed by atoms with Crippen LogP contribution in [0.15, 0.2) is 91.0 Å². The van der Waals surface area contributed by atoms with Crippen molar-refractivity contribution < 1.29 is 4.79 Å². The fourth-order valence-corrected chi connectivity index (χ4v) is 3.91. The zero-order valence-electron chi connectivity index (χ0n) is 18.1. The molecule has 4 aromatic rings. The molecule has 1 atom stereocenters. The Kier molecular flexibility index (Phi) is 5.99. The predicted molar refractivity (Wildman–Crippen MR) is 126 cm³/mol. The molecule has 0 spiro atoms. The second kappa shape index (κ2) is 9.00. The summed E-state index contributed by atoms with van der Waals surface area (Å²) in [6.45, 7) is 4.24. The summed E-state index contributed by atoms with van der Waals surface area (Å²) >= 11 is 0. The summed E-state index contributed by atoms with van der Waals surface area (Å²) in [5, 5.41) is 3.27. The molecule has 0 saturated carbocycles. The van der Waals surface area contributed by atoms with Crippen LogP contribution in [-0.4, -0.2) is 15.5 Å². The lowest BCUT2D eigenvalue weighted by Gasteiger charge is -2.23. The van der Waals surface area contributed by atoms with Gasteiger partial charge in [0.05, 0.1) is 6.04 Å². The second-order valence-corrected chi connectivity index (χ2v) is 8.03.